The molecule has 1 N–H and O–H groups in total. The molecule has 0 aliphatic carbocycles. The molecule has 31 heavy (non-hydrogen) atoms. The topological polar surface area (TPSA) is 36.4 Å². The first-order valence-electron chi connectivity index (χ1n) is 10.6. The number of hydrogen-bond acceptors (Lipinski definition) is 3. The van der Waals surface area contributed by atoms with Gasteiger partial charge in [-0.1, -0.05) is 65.7 Å². The third kappa shape index (κ3) is 3.94. The zero-order valence-corrected chi connectivity index (χ0v) is 20.0. The van der Waals surface area contributed by atoms with Crippen molar-refractivity contribution in [2.75, 3.05) is 0 Å². The fourth-order valence-corrected chi connectivity index (χ4v) is 6.26. The highest BCUT2D eigenvalue weighted by molar-refractivity contribution is 9.10. The monoisotopic (exact) mass is 516 g/mol. The summed E-state index contributed by atoms with van der Waals surface area (Å²) in [4.78, 5) is 7.12. The SMILES string of the molecule is OC1(c2cccc(Br)n2)CC2CCC(C1)N2C(c1ccccc1Cl)c1ccccc1Cl. The van der Waals surface area contributed by atoms with Crippen LogP contribution in [0.5, 0.6) is 0 Å². The molecule has 2 bridgehead atoms. The van der Waals surface area contributed by atoms with Crippen molar-refractivity contribution in [3.63, 3.8) is 0 Å². The van der Waals surface area contributed by atoms with Crippen molar-refractivity contribution in [1.82, 2.24) is 9.88 Å². The maximum absolute atomic E-state index is 11.6. The second kappa shape index (κ2) is 8.49. The first-order chi connectivity index (χ1) is 15.0. The zero-order valence-electron chi connectivity index (χ0n) is 16.9. The summed E-state index contributed by atoms with van der Waals surface area (Å²) in [7, 11) is 0. The number of fused-ring (bicyclic) bond motifs is 2. The van der Waals surface area contributed by atoms with E-state index in [-0.39, 0.29) is 18.1 Å². The molecule has 2 aliphatic heterocycles. The van der Waals surface area contributed by atoms with Gasteiger partial charge in [0.05, 0.1) is 11.7 Å². The molecule has 2 atom stereocenters. The molecule has 2 saturated heterocycles. The number of aromatic nitrogens is 1. The molecule has 0 saturated carbocycles. The minimum atomic E-state index is -0.933. The Morgan fingerprint density at radius 3 is 1.94 bits per heavy atom. The number of hydrogen-bond donors (Lipinski definition) is 1. The predicted molar refractivity (Wildman–Crippen MR) is 128 cm³/mol. The Morgan fingerprint density at radius 2 is 1.42 bits per heavy atom. The maximum atomic E-state index is 11.6. The molecule has 1 aromatic heterocycles. The Kier molecular flexibility index (Phi) is 5.87. The Balaban J connectivity index is 1.56. The lowest BCUT2D eigenvalue weighted by atomic mass is 9.81. The van der Waals surface area contributed by atoms with Gasteiger partial charge >= 0.3 is 0 Å². The van der Waals surface area contributed by atoms with E-state index in [1.54, 1.807) is 0 Å². The van der Waals surface area contributed by atoms with E-state index in [1.807, 2.05) is 54.6 Å². The van der Waals surface area contributed by atoms with E-state index in [1.165, 1.54) is 0 Å². The van der Waals surface area contributed by atoms with Crippen LogP contribution in [0.2, 0.25) is 10.0 Å². The second-order valence-corrected chi connectivity index (χ2v) is 10.2. The smallest absolute Gasteiger partial charge is 0.109 e. The lowest BCUT2D eigenvalue weighted by Crippen LogP contribution is -2.51. The van der Waals surface area contributed by atoms with Crippen LogP contribution in [0, 0.1) is 0 Å². The molecule has 5 rings (SSSR count). The normalized spacial score (nSPS) is 25.8. The Bertz CT molecular complexity index is 1050. The predicted octanol–water partition coefficient (Wildman–Crippen LogP) is 6.75. The summed E-state index contributed by atoms with van der Waals surface area (Å²) in [6.07, 6.45) is 3.34. The van der Waals surface area contributed by atoms with Crippen molar-refractivity contribution >= 4 is 39.1 Å². The molecule has 3 nitrogen and oxygen atoms in total. The van der Waals surface area contributed by atoms with E-state index in [9.17, 15) is 5.11 Å². The molecule has 6 heteroatoms. The van der Waals surface area contributed by atoms with Crippen LogP contribution < -0.4 is 0 Å². The number of nitrogens with zero attached hydrogens (tertiary/aromatic N) is 2. The van der Waals surface area contributed by atoms with E-state index in [0.717, 1.165) is 44.3 Å². The van der Waals surface area contributed by atoms with Crippen molar-refractivity contribution in [3.05, 3.63) is 98.2 Å². The van der Waals surface area contributed by atoms with Gasteiger partial charge in [-0.2, -0.15) is 0 Å². The van der Waals surface area contributed by atoms with Crippen LogP contribution in [-0.4, -0.2) is 27.1 Å². The lowest BCUT2D eigenvalue weighted by molar-refractivity contribution is -0.0685. The van der Waals surface area contributed by atoms with Crippen LogP contribution in [0.3, 0.4) is 0 Å². The second-order valence-electron chi connectivity index (χ2n) is 8.56. The number of piperidine rings is 1. The summed E-state index contributed by atoms with van der Waals surface area (Å²) >= 11 is 16.8. The van der Waals surface area contributed by atoms with Gasteiger partial charge in [0.1, 0.15) is 10.2 Å². The Morgan fingerprint density at radius 1 is 0.871 bits per heavy atom. The highest BCUT2D eigenvalue weighted by Crippen LogP contribution is 2.51. The fourth-order valence-electron chi connectivity index (χ4n) is 5.44. The molecule has 2 fully saturated rings. The number of halogens is 3. The summed E-state index contributed by atoms with van der Waals surface area (Å²) in [5.41, 5.74) is 1.92. The zero-order chi connectivity index (χ0) is 21.6. The summed E-state index contributed by atoms with van der Waals surface area (Å²) in [6.45, 7) is 0. The van der Waals surface area contributed by atoms with Crippen molar-refractivity contribution in [1.29, 1.82) is 0 Å². The van der Waals surface area contributed by atoms with Crippen LogP contribution in [0.4, 0.5) is 0 Å². The molecule has 0 spiro atoms. The van der Waals surface area contributed by atoms with Gasteiger partial charge in [0.15, 0.2) is 0 Å². The lowest BCUT2D eigenvalue weighted by Gasteiger charge is -2.47. The summed E-state index contributed by atoms with van der Waals surface area (Å²) in [5, 5.41) is 13.1. The Hall–Kier alpha value is -1.43. The van der Waals surface area contributed by atoms with Gasteiger partial charge in [-0.05, 0) is 77.0 Å². The first-order valence-corrected chi connectivity index (χ1v) is 12.1. The van der Waals surface area contributed by atoms with E-state index in [0.29, 0.717) is 12.8 Å². The minimum Gasteiger partial charge on any atom is -0.383 e. The molecule has 0 radical (unpaired) electrons. The Labute approximate surface area is 201 Å². The van der Waals surface area contributed by atoms with E-state index in [4.69, 9.17) is 23.2 Å². The van der Waals surface area contributed by atoms with Crippen LogP contribution in [-0.2, 0) is 5.60 Å². The van der Waals surface area contributed by atoms with Gasteiger partial charge in [-0.3, -0.25) is 4.90 Å². The van der Waals surface area contributed by atoms with Gasteiger partial charge < -0.3 is 5.11 Å². The number of benzene rings is 2. The number of rotatable bonds is 4. The molecule has 160 valence electrons. The highest BCUT2D eigenvalue weighted by Gasteiger charge is 2.51. The highest BCUT2D eigenvalue weighted by atomic mass is 79.9. The molecule has 2 aromatic carbocycles. The van der Waals surface area contributed by atoms with Crippen molar-refractivity contribution in [3.8, 4) is 0 Å². The van der Waals surface area contributed by atoms with E-state index in [2.05, 4.69) is 37.9 Å². The van der Waals surface area contributed by atoms with Crippen LogP contribution in [0.15, 0.2) is 71.3 Å². The van der Waals surface area contributed by atoms with Gasteiger partial charge in [-0.25, -0.2) is 4.98 Å². The third-order valence-corrected chi connectivity index (χ3v) is 7.84. The van der Waals surface area contributed by atoms with E-state index >= 15 is 0 Å². The molecule has 2 unspecified atom stereocenters. The van der Waals surface area contributed by atoms with Crippen molar-refractivity contribution in [2.45, 2.75) is 49.4 Å². The molecule has 2 aliphatic rings. The van der Waals surface area contributed by atoms with Crippen molar-refractivity contribution < 1.29 is 5.11 Å². The van der Waals surface area contributed by atoms with Gasteiger partial charge in [0.25, 0.3) is 0 Å². The average molecular weight is 518 g/mol. The van der Waals surface area contributed by atoms with Gasteiger partial charge in [0.2, 0.25) is 0 Å². The first kappa shape index (κ1) is 21.4. The average Bonchev–Trinajstić information content (AvgIpc) is 3.02. The van der Waals surface area contributed by atoms with Crippen LogP contribution >= 0.6 is 39.1 Å². The van der Waals surface area contributed by atoms with E-state index < -0.39 is 5.60 Å². The standard InChI is InChI=1S/C25H23BrCl2N2O/c26-23-11-5-10-22(29-23)25(31)14-16-12-13-17(15-25)30(16)24(18-6-1-3-8-20(18)27)19-7-2-4-9-21(19)28/h1-11,16-17,24,31H,12-15H2. The largest absolute Gasteiger partial charge is 0.383 e. The molecule has 0 amide bonds. The number of pyridine rings is 1. The number of aliphatic hydroxyl groups is 1. The maximum Gasteiger partial charge on any atom is 0.109 e. The third-order valence-electron chi connectivity index (χ3n) is 6.71. The summed E-state index contributed by atoms with van der Waals surface area (Å²) in [5.74, 6) is 0. The van der Waals surface area contributed by atoms with Crippen LogP contribution in [0.1, 0.15) is 48.5 Å². The quantitative estimate of drug-likeness (QED) is 0.388. The summed E-state index contributed by atoms with van der Waals surface area (Å²) in [6, 6.07) is 22.1. The molecular formula is C25H23BrCl2N2O. The fraction of sp³-hybridized carbons (Fsp3) is 0.320. The minimum absolute atomic E-state index is 0.0556. The summed E-state index contributed by atoms with van der Waals surface area (Å²) < 4.78 is 0.748. The molecule has 3 aromatic rings. The van der Waals surface area contributed by atoms with Crippen LogP contribution in [0.25, 0.3) is 0 Å². The molecule has 3 heterocycles. The van der Waals surface area contributed by atoms with Crippen molar-refractivity contribution in [2.24, 2.45) is 0 Å². The van der Waals surface area contributed by atoms with Gasteiger partial charge in [0, 0.05) is 22.1 Å². The molecular weight excluding hydrogens is 495 g/mol. The van der Waals surface area contributed by atoms with Gasteiger partial charge in [-0.15, -0.1) is 0 Å².